The molecule has 0 spiro atoms. The third-order valence-corrected chi connectivity index (χ3v) is 10.9. The molecule has 3 aromatic heterocycles. The van der Waals surface area contributed by atoms with Crippen molar-refractivity contribution in [2.75, 3.05) is 0 Å². The van der Waals surface area contributed by atoms with E-state index in [2.05, 4.69) is 130 Å². The highest BCUT2D eigenvalue weighted by Crippen LogP contribution is 2.43. The number of rotatable bonds is 3. The molecule has 0 bridgehead atoms. The summed E-state index contributed by atoms with van der Waals surface area (Å²) >= 11 is 1.85. The van der Waals surface area contributed by atoms with Crippen LogP contribution in [0.2, 0.25) is 0 Å². The molecular formula is C44H24N4S. The van der Waals surface area contributed by atoms with Crippen LogP contribution in [0.1, 0.15) is 11.1 Å². The van der Waals surface area contributed by atoms with Crippen LogP contribution in [0.15, 0.2) is 146 Å². The molecule has 49 heavy (non-hydrogen) atoms. The van der Waals surface area contributed by atoms with Crippen molar-refractivity contribution in [1.82, 2.24) is 9.13 Å². The van der Waals surface area contributed by atoms with E-state index in [1.54, 1.807) is 0 Å². The topological polar surface area (TPSA) is 57.4 Å². The summed E-state index contributed by atoms with van der Waals surface area (Å²) in [6, 6.07) is 55.5. The van der Waals surface area contributed by atoms with Gasteiger partial charge in [0.25, 0.3) is 0 Å². The molecule has 0 unspecified atom stereocenters. The lowest BCUT2D eigenvalue weighted by Gasteiger charge is -2.18. The third kappa shape index (κ3) is 3.95. The van der Waals surface area contributed by atoms with Crippen molar-refractivity contribution < 1.29 is 0 Å². The van der Waals surface area contributed by atoms with E-state index in [1.807, 2.05) is 47.7 Å². The van der Waals surface area contributed by atoms with E-state index in [9.17, 15) is 10.5 Å². The largest absolute Gasteiger partial charge is 0.309 e. The number of nitriles is 2. The van der Waals surface area contributed by atoms with E-state index in [4.69, 9.17) is 0 Å². The Kier molecular flexibility index (Phi) is 5.84. The minimum Gasteiger partial charge on any atom is -0.309 e. The molecule has 0 saturated heterocycles. The molecule has 0 amide bonds. The van der Waals surface area contributed by atoms with Gasteiger partial charge in [-0.3, -0.25) is 0 Å². The van der Waals surface area contributed by atoms with Gasteiger partial charge in [0.1, 0.15) is 0 Å². The normalized spacial score (nSPS) is 11.6. The maximum Gasteiger partial charge on any atom is 0.0991 e. The lowest BCUT2D eigenvalue weighted by atomic mass is 10.0. The Bertz CT molecular complexity index is 3010. The van der Waals surface area contributed by atoms with Gasteiger partial charge < -0.3 is 9.13 Å². The maximum atomic E-state index is 9.75. The van der Waals surface area contributed by atoms with Crippen molar-refractivity contribution in [1.29, 1.82) is 10.5 Å². The smallest absolute Gasteiger partial charge is 0.0991 e. The number of thiophene rings is 1. The minimum absolute atomic E-state index is 0.589. The van der Waals surface area contributed by atoms with Crippen molar-refractivity contribution in [3.63, 3.8) is 0 Å². The van der Waals surface area contributed by atoms with E-state index >= 15 is 0 Å². The Morgan fingerprint density at radius 2 is 0.898 bits per heavy atom. The Hall–Kier alpha value is -6.66. The molecule has 5 heteroatoms. The van der Waals surface area contributed by atoms with E-state index in [1.165, 1.54) is 36.5 Å². The monoisotopic (exact) mass is 640 g/mol. The van der Waals surface area contributed by atoms with Crippen molar-refractivity contribution in [2.24, 2.45) is 0 Å². The molecule has 226 valence electrons. The van der Waals surface area contributed by atoms with Crippen LogP contribution >= 0.6 is 11.3 Å². The van der Waals surface area contributed by atoms with Crippen molar-refractivity contribution in [3.05, 3.63) is 157 Å². The van der Waals surface area contributed by atoms with Crippen molar-refractivity contribution >= 4 is 75.1 Å². The van der Waals surface area contributed by atoms with Gasteiger partial charge in [0.05, 0.1) is 56.7 Å². The van der Waals surface area contributed by atoms with Gasteiger partial charge in [-0.2, -0.15) is 10.5 Å². The summed E-state index contributed by atoms with van der Waals surface area (Å²) in [4.78, 5) is 0. The number of fused-ring (bicyclic) bond motifs is 9. The van der Waals surface area contributed by atoms with E-state index in [-0.39, 0.29) is 0 Å². The lowest BCUT2D eigenvalue weighted by Crippen LogP contribution is -2.01. The second kappa shape index (κ2) is 10.4. The highest BCUT2D eigenvalue weighted by atomic mass is 32.1. The summed E-state index contributed by atoms with van der Waals surface area (Å²) < 4.78 is 7.28. The average molecular weight is 641 g/mol. The number of aromatic nitrogens is 2. The SMILES string of the molecule is N#Cc1ccc2c(c1)c1cc(C#N)ccc1n2-c1ccccc1-c1ccccc1-n1c2ccccc2c2cc3sc4ccccc4c3cc21. The zero-order valence-electron chi connectivity index (χ0n) is 26.1. The Labute approximate surface area is 285 Å². The van der Waals surface area contributed by atoms with Crippen LogP contribution < -0.4 is 0 Å². The average Bonchev–Trinajstić information content (AvgIpc) is 3.80. The molecule has 0 fully saturated rings. The highest BCUT2D eigenvalue weighted by molar-refractivity contribution is 7.25. The minimum atomic E-state index is 0.589. The predicted octanol–water partition coefficient (Wildman–Crippen LogP) is 11.7. The summed E-state index contributed by atoms with van der Waals surface area (Å²) in [5, 5.41) is 26.4. The van der Waals surface area contributed by atoms with Crippen LogP contribution in [0.5, 0.6) is 0 Å². The summed E-state index contributed by atoms with van der Waals surface area (Å²) in [6.45, 7) is 0. The van der Waals surface area contributed by atoms with Gasteiger partial charge in [0.15, 0.2) is 0 Å². The van der Waals surface area contributed by atoms with E-state index in [0.29, 0.717) is 11.1 Å². The van der Waals surface area contributed by atoms with Gasteiger partial charge in [-0.05, 0) is 72.8 Å². The van der Waals surface area contributed by atoms with E-state index < -0.39 is 0 Å². The first-order chi connectivity index (χ1) is 24.2. The zero-order chi connectivity index (χ0) is 32.6. The zero-order valence-corrected chi connectivity index (χ0v) is 26.9. The van der Waals surface area contributed by atoms with Crippen LogP contribution in [0.3, 0.4) is 0 Å². The number of nitrogens with zero attached hydrogens (tertiary/aromatic N) is 4. The molecule has 3 heterocycles. The molecule has 7 aromatic carbocycles. The van der Waals surface area contributed by atoms with Gasteiger partial charge >= 0.3 is 0 Å². The first-order valence-electron chi connectivity index (χ1n) is 16.1. The Balaban J connectivity index is 1.29. The molecule has 0 aliphatic carbocycles. The standard InChI is InChI=1S/C44H24N4S/c45-25-27-17-19-40-33(21-27)34-22-28(26-46)18-20-41(34)47(40)37-13-5-1-9-29(37)30-10-2-6-14-38(30)48-39-15-7-3-11-31(39)35-24-44-36(23-42(35)48)32-12-4-8-16-43(32)49-44/h1-24H. The fourth-order valence-electron chi connectivity index (χ4n) is 7.66. The van der Waals surface area contributed by atoms with Crippen LogP contribution in [-0.2, 0) is 0 Å². The van der Waals surface area contributed by atoms with Crippen molar-refractivity contribution in [3.8, 4) is 34.6 Å². The Morgan fingerprint density at radius 1 is 0.388 bits per heavy atom. The fourth-order valence-corrected chi connectivity index (χ4v) is 8.79. The molecule has 0 aliphatic heterocycles. The maximum absolute atomic E-state index is 9.75. The van der Waals surface area contributed by atoms with Crippen molar-refractivity contribution in [2.45, 2.75) is 0 Å². The first kappa shape index (κ1) is 27.5. The Morgan fingerprint density at radius 3 is 1.55 bits per heavy atom. The molecular weight excluding hydrogens is 617 g/mol. The van der Waals surface area contributed by atoms with E-state index in [0.717, 1.165) is 49.8 Å². The molecule has 0 atom stereocenters. The molecule has 10 aromatic rings. The molecule has 0 radical (unpaired) electrons. The summed E-state index contributed by atoms with van der Waals surface area (Å²) in [5.74, 6) is 0. The van der Waals surface area contributed by atoms with Gasteiger partial charge in [0, 0.05) is 52.8 Å². The second-order valence-corrected chi connectivity index (χ2v) is 13.5. The quantitative estimate of drug-likeness (QED) is 0.193. The molecule has 4 nitrogen and oxygen atoms in total. The lowest BCUT2D eigenvalue weighted by molar-refractivity contribution is 1.16. The predicted molar refractivity (Wildman–Crippen MR) is 203 cm³/mol. The van der Waals surface area contributed by atoms with Crippen LogP contribution in [-0.4, -0.2) is 9.13 Å². The number of para-hydroxylation sites is 3. The second-order valence-electron chi connectivity index (χ2n) is 12.4. The van der Waals surface area contributed by atoms with Crippen LogP contribution in [0, 0.1) is 22.7 Å². The number of benzene rings is 7. The van der Waals surface area contributed by atoms with Crippen LogP contribution in [0.25, 0.3) is 86.3 Å². The third-order valence-electron chi connectivity index (χ3n) is 9.77. The molecule has 10 rings (SSSR count). The first-order valence-corrected chi connectivity index (χ1v) is 17.0. The van der Waals surface area contributed by atoms with Gasteiger partial charge in [-0.1, -0.05) is 72.8 Å². The summed E-state index contributed by atoms with van der Waals surface area (Å²) in [5.41, 5.74) is 9.79. The van der Waals surface area contributed by atoms with Gasteiger partial charge in [0.2, 0.25) is 0 Å². The van der Waals surface area contributed by atoms with Gasteiger partial charge in [-0.25, -0.2) is 0 Å². The molecule has 0 N–H and O–H groups in total. The summed E-state index contributed by atoms with van der Waals surface area (Å²) in [6.07, 6.45) is 0. The number of hydrogen-bond donors (Lipinski definition) is 0. The highest BCUT2D eigenvalue weighted by Gasteiger charge is 2.21. The summed E-state index contributed by atoms with van der Waals surface area (Å²) in [7, 11) is 0. The van der Waals surface area contributed by atoms with Crippen LogP contribution in [0.4, 0.5) is 0 Å². The molecule has 0 aliphatic rings. The van der Waals surface area contributed by atoms with Gasteiger partial charge in [-0.15, -0.1) is 11.3 Å². The number of hydrogen-bond acceptors (Lipinski definition) is 3. The fraction of sp³-hybridized carbons (Fsp3) is 0. The molecule has 0 saturated carbocycles.